The summed E-state index contributed by atoms with van der Waals surface area (Å²) >= 11 is 0. The quantitative estimate of drug-likeness (QED) is 0.0613. The predicted octanol–water partition coefficient (Wildman–Crippen LogP) is 10.8. The molecular weight excluding hydrogens is 765 g/mol. The maximum absolute atomic E-state index is 16.5. The van der Waals surface area contributed by atoms with E-state index in [2.05, 4.69) is 0 Å². The molecular formula is C52H59NO4P2. The Bertz CT molecular complexity index is 2210. The lowest BCUT2D eigenvalue weighted by Gasteiger charge is -2.30. The number of hydrogen-bond acceptors (Lipinski definition) is 5. The van der Waals surface area contributed by atoms with Crippen molar-refractivity contribution in [3.63, 3.8) is 0 Å². The molecule has 0 radical (unpaired) electrons. The van der Waals surface area contributed by atoms with Crippen molar-refractivity contribution in [1.29, 1.82) is 0 Å². The van der Waals surface area contributed by atoms with Gasteiger partial charge < -0.3 is 24.3 Å². The summed E-state index contributed by atoms with van der Waals surface area (Å²) in [6, 6.07) is 51.1. The van der Waals surface area contributed by atoms with Gasteiger partial charge >= 0.3 is 0 Å². The van der Waals surface area contributed by atoms with Crippen LogP contribution in [0.25, 0.3) is 11.1 Å². The van der Waals surface area contributed by atoms with Crippen molar-refractivity contribution in [3.05, 3.63) is 158 Å². The van der Waals surface area contributed by atoms with E-state index in [0.29, 0.717) is 39.8 Å². The van der Waals surface area contributed by atoms with Crippen molar-refractivity contribution >= 4 is 46.1 Å². The van der Waals surface area contributed by atoms with Gasteiger partial charge in [-0.25, -0.2) is 0 Å². The lowest BCUT2D eigenvalue weighted by Crippen LogP contribution is -2.31. The Labute approximate surface area is 352 Å². The van der Waals surface area contributed by atoms with Crippen LogP contribution in [0.15, 0.2) is 158 Å². The summed E-state index contributed by atoms with van der Waals surface area (Å²) in [5.41, 5.74) is 7.06. The van der Waals surface area contributed by atoms with Crippen LogP contribution < -0.4 is 47.0 Å². The fourth-order valence-electron chi connectivity index (χ4n) is 8.54. The summed E-state index contributed by atoms with van der Waals surface area (Å²) in [4.78, 5) is 0. The maximum Gasteiger partial charge on any atom is 0.171 e. The van der Waals surface area contributed by atoms with E-state index in [4.69, 9.17) is 15.2 Å². The van der Waals surface area contributed by atoms with Gasteiger partial charge in [-0.1, -0.05) is 178 Å². The zero-order valence-corrected chi connectivity index (χ0v) is 36.1. The predicted molar refractivity (Wildman–Crippen MR) is 250 cm³/mol. The van der Waals surface area contributed by atoms with E-state index >= 15 is 9.13 Å². The van der Waals surface area contributed by atoms with Crippen LogP contribution in [0.2, 0.25) is 0 Å². The Kier molecular flexibility index (Phi) is 15.1. The maximum atomic E-state index is 16.5. The van der Waals surface area contributed by atoms with E-state index in [1.807, 2.05) is 158 Å². The van der Waals surface area contributed by atoms with Crippen LogP contribution in [0.3, 0.4) is 0 Å². The molecule has 6 aromatic carbocycles. The van der Waals surface area contributed by atoms with Gasteiger partial charge in [0, 0.05) is 43.0 Å². The first-order chi connectivity index (χ1) is 29.0. The van der Waals surface area contributed by atoms with Crippen LogP contribution in [0.5, 0.6) is 11.5 Å². The molecule has 0 aliphatic heterocycles. The van der Waals surface area contributed by atoms with Gasteiger partial charge in [0.15, 0.2) is 14.3 Å². The molecule has 7 rings (SSSR count). The highest BCUT2D eigenvalue weighted by Gasteiger charge is 2.39. The van der Waals surface area contributed by atoms with E-state index in [0.717, 1.165) is 79.1 Å². The highest BCUT2D eigenvalue weighted by Crippen LogP contribution is 2.53. The van der Waals surface area contributed by atoms with Crippen LogP contribution in [0.4, 0.5) is 0 Å². The SMILES string of the molecule is NCCCCCCCCCCOc1cccc(P(=O)(c2ccccc2)c2ccccc2)c1-c1c(OC2CCCCC2)cccc1P(=O)(c1ccccc1)c1ccccc1. The molecule has 1 aliphatic rings. The lowest BCUT2D eigenvalue weighted by molar-refractivity contribution is 0.156. The summed E-state index contributed by atoms with van der Waals surface area (Å²) in [7, 11) is -7.17. The summed E-state index contributed by atoms with van der Waals surface area (Å²) in [5.74, 6) is 1.26. The molecule has 0 saturated heterocycles. The Morgan fingerprint density at radius 1 is 0.441 bits per heavy atom. The van der Waals surface area contributed by atoms with Crippen molar-refractivity contribution in [2.24, 2.45) is 5.73 Å². The fraction of sp³-hybridized carbons (Fsp3) is 0.308. The highest BCUT2D eigenvalue weighted by molar-refractivity contribution is 7.86. The van der Waals surface area contributed by atoms with Gasteiger partial charge in [-0.3, -0.25) is 0 Å². The molecule has 1 fully saturated rings. The Morgan fingerprint density at radius 3 is 1.27 bits per heavy atom. The number of ether oxygens (including phenoxy) is 2. The zero-order chi connectivity index (χ0) is 40.8. The Balaban J connectivity index is 1.45. The summed E-state index contributed by atoms with van der Waals surface area (Å²) in [6.07, 6.45) is 14.3. The molecule has 0 unspecified atom stereocenters. The van der Waals surface area contributed by atoms with Crippen LogP contribution in [-0.4, -0.2) is 19.3 Å². The van der Waals surface area contributed by atoms with Crippen LogP contribution >= 0.6 is 14.3 Å². The van der Waals surface area contributed by atoms with Gasteiger partial charge in [-0.05, 0) is 69.3 Å². The van der Waals surface area contributed by atoms with Crippen molar-refractivity contribution in [3.8, 4) is 22.6 Å². The van der Waals surface area contributed by atoms with Gasteiger partial charge in [0.1, 0.15) is 11.5 Å². The van der Waals surface area contributed by atoms with Gasteiger partial charge in [-0.2, -0.15) is 0 Å². The van der Waals surface area contributed by atoms with Crippen molar-refractivity contribution in [2.45, 2.75) is 89.6 Å². The second-order valence-electron chi connectivity index (χ2n) is 15.7. The minimum absolute atomic E-state index is 0.00692. The minimum atomic E-state index is -3.58. The molecule has 0 bridgehead atoms. The average Bonchev–Trinajstić information content (AvgIpc) is 3.30. The highest BCUT2D eigenvalue weighted by atomic mass is 31.2. The monoisotopic (exact) mass is 823 g/mol. The fourth-order valence-corrected chi connectivity index (χ4v) is 14.3. The third kappa shape index (κ3) is 9.87. The van der Waals surface area contributed by atoms with E-state index < -0.39 is 14.3 Å². The Morgan fingerprint density at radius 2 is 0.831 bits per heavy atom. The number of benzene rings is 6. The molecule has 0 aromatic heterocycles. The number of nitrogens with two attached hydrogens (primary N) is 1. The first-order valence-corrected chi connectivity index (χ1v) is 25.2. The van der Waals surface area contributed by atoms with Crippen LogP contribution in [-0.2, 0) is 9.13 Å². The Hall–Kier alpha value is -4.66. The molecule has 1 saturated carbocycles. The van der Waals surface area contributed by atoms with E-state index in [1.165, 1.54) is 32.1 Å². The second-order valence-corrected chi connectivity index (χ2v) is 21.2. The third-order valence-corrected chi connectivity index (χ3v) is 17.8. The van der Waals surface area contributed by atoms with Crippen molar-refractivity contribution in [1.82, 2.24) is 0 Å². The number of rotatable bonds is 20. The van der Waals surface area contributed by atoms with Gasteiger partial charge in [0.2, 0.25) is 0 Å². The molecule has 59 heavy (non-hydrogen) atoms. The van der Waals surface area contributed by atoms with Crippen LogP contribution in [0.1, 0.15) is 83.5 Å². The molecule has 306 valence electrons. The summed E-state index contributed by atoms with van der Waals surface area (Å²) in [6.45, 7) is 1.27. The van der Waals surface area contributed by atoms with E-state index in [9.17, 15) is 0 Å². The topological polar surface area (TPSA) is 78.6 Å². The molecule has 0 atom stereocenters. The molecule has 6 aromatic rings. The molecule has 2 N–H and O–H groups in total. The normalized spacial score (nSPS) is 13.6. The van der Waals surface area contributed by atoms with Crippen LogP contribution in [0, 0.1) is 0 Å². The zero-order valence-electron chi connectivity index (χ0n) is 34.3. The number of unbranched alkanes of at least 4 members (excludes halogenated alkanes) is 7. The first kappa shape index (κ1) is 42.5. The number of hydrogen-bond donors (Lipinski definition) is 1. The molecule has 7 heteroatoms. The third-order valence-electron chi connectivity index (χ3n) is 11.6. The second kappa shape index (κ2) is 21.0. The van der Waals surface area contributed by atoms with Crippen molar-refractivity contribution in [2.75, 3.05) is 13.2 Å². The summed E-state index contributed by atoms with van der Waals surface area (Å²) < 4.78 is 47.1. The largest absolute Gasteiger partial charge is 0.493 e. The molecule has 1 aliphatic carbocycles. The van der Waals surface area contributed by atoms with Gasteiger partial charge in [-0.15, -0.1) is 0 Å². The summed E-state index contributed by atoms with van der Waals surface area (Å²) in [5, 5.41) is 4.16. The molecule has 5 nitrogen and oxygen atoms in total. The van der Waals surface area contributed by atoms with Crippen molar-refractivity contribution < 1.29 is 18.6 Å². The standard InChI is InChI=1S/C52H59NO4P2/c53-40-22-5-3-1-2-4-6-23-41-56-47-36-24-38-49(58(54,43-28-14-8-15-29-43)44-30-16-9-17-31-44)51(47)52-48(57-42-26-12-7-13-27-42)37-25-39-50(52)59(55,45-32-18-10-19-33-45)46-34-20-11-21-35-46/h8-11,14-21,24-25,28-39,42H,1-7,12-13,22-23,26-27,40-41,53H2. The van der Waals surface area contributed by atoms with Gasteiger partial charge in [0.25, 0.3) is 0 Å². The average molecular weight is 824 g/mol. The van der Waals surface area contributed by atoms with E-state index in [-0.39, 0.29) is 6.10 Å². The van der Waals surface area contributed by atoms with E-state index in [1.54, 1.807) is 0 Å². The molecule has 0 amide bonds. The smallest absolute Gasteiger partial charge is 0.171 e. The molecule has 0 heterocycles. The first-order valence-electron chi connectivity index (χ1n) is 21.7. The van der Waals surface area contributed by atoms with Gasteiger partial charge in [0.05, 0.1) is 12.7 Å². The molecule has 0 spiro atoms. The lowest BCUT2D eigenvalue weighted by atomic mass is 9.97. The minimum Gasteiger partial charge on any atom is -0.493 e.